The van der Waals surface area contributed by atoms with Crippen LogP contribution in [0.25, 0.3) is 0 Å². The third kappa shape index (κ3) is 3.70. The molecular weight excluding hydrogens is 190 g/mol. The minimum atomic E-state index is 0.0486. The van der Waals surface area contributed by atoms with Gasteiger partial charge in [0.05, 0.1) is 0 Å². The van der Waals surface area contributed by atoms with E-state index in [4.69, 9.17) is 0 Å². The summed E-state index contributed by atoms with van der Waals surface area (Å²) in [6.45, 7) is 9.18. The molecule has 0 bridgehead atoms. The van der Waals surface area contributed by atoms with Crippen LogP contribution in [0.4, 0.5) is 4.79 Å². The van der Waals surface area contributed by atoms with E-state index in [0.717, 1.165) is 26.2 Å². The van der Waals surface area contributed by atoms with Gasteiger partial charge >= 0.3 is 6.03 Å². The Morgan fingerprint density at radius 3 is 2.80 bits per heavy atom. The predicted octanol–water partition coefficient (Wildman–Crippen LogP) is 0.990. The van der Waals surface area contributed by atoms with Gasteiger partial charge in [-0.1, -0.05) is 6.92 Å². The van der Waals surface area contributed by atoms with Crippen molar-refractivity contribution in [3.8, 4) is 0 Å². The molecule has 0 aromatic heterocycles. The summed E-state index contributed by atoms with van der Waals surface area (Å²) in [6.07, 6.45) is 1.21. The molecule has 0 saturated carbocycles. The molecule has 1 atom stereocenters. The van der Waals surface area contributed by atoms with Crippen molar-refractivity contribution in [1.82, 2.24) is 15.1 Å². The summed E-state index contributed by atoms with van der Waals surface area (Å²) in [7, 11) is 1.82. The fraction of sp³-hybridized carbons (Fsp3) is 0.909. The Morgan fingerprint density at radius 1 is 1.53 bits per heavy atom. The second-order valence-electron chi connectivity index (χ2n) is 4.25. The van der Waals surface area contributed by atoms with Crippen LogP contribution >= 0.6 is 0 Å². The van der Waals surface area contributed by atoms with Gasteiger partial charge in [0, 0.05) is 26.7 Å². The van der Waals surface area contributed by atoms with Gasteiger partial charge in [-0.15, -0.1) is 0 Å². The lowest BCUT2D eigenvalue weighted by atomic mass is 10.1. The first-order valence-electron chi connectivity index (χ1n) is 5.88. The number of carbonyl (C=O) groups is 1. The summed E-state index contributed by atoms with van der Waals surface area (Å²) in [6, 6.07) is 0.0486. The van der Waals surface area contributed by atoms with Crippen molar-refractivity contribution in [2.45, 2.75) is 20.3 Å². The topological polar surface area (TPSA) is 35.6 Å². The third-order valence-corrected chi connectivity index (χ3v) is 3.18. The number of carbonyl (C=O) groups excluding carboxylic acids is 1. The Hall–Kier alpha value is -0.770. The Balaban J connectivity index is 2.18. The molecule has 88 valence electrons. The van der Waals surface area contributed by atoms with Crippen LogP contribution in [0.5, 0.6) is 0 Å². The van der Waals surface area contributed by atoms with Crippen molar-refractivity contribution in [3.63, 3.8) is 0 Å². The largest absolute Gasteiger partial charge is 0.338 e. The zero-order chi connectivity index (χ0) is 11.3. The van der Waals surface area contributed by atoms with Gasteiger partial charge in [-0.05, 0) is 32.4 Å². The molecule has 0 aromatic rings. The molecule has 1 fully saturated rings. The molecule has 1 N–H and O–H groups in total. The smallest absolute Gasteiger partial charge is 0.317 e. The van der Waals surface area contributed by atoms with Crippen LogP contribution in [0, 0.1) is 5.92 Å². The molecule has 1 aliphatic heterocycles. The van der Waals surface area contributed by atoms with Gasteiger partial charge in [0.25, 0.3) is 0 Å². The van der Waals surface area contributed by atoms with Gasteiger partial charge in [0.15, 0.2) is 0 Å². The van der Waals surface area contributed by atoms with Crippen LogP contribution in [0.1, 0.15) is 20.3 Å². The van der Waals surface area contributed by atoms with E-state index in [-0.39, 0.29) is 6.03 Å². The number of hydrogen-bond acceptors (Lipinski definition) is 2. The number of likely N-dealkylation sites (tertiary alicyclic amines) is 1. The second kappa shape index (κ2) is 5.95. The van der Waals surface area contributed by atoms with Crippen molar-refractivity contribution in [2.75, 3.05) is 39.8 Å². The van der Waals surface area contributed by atoms with E-state index in [0.29, 0.717) is 5.92 Å². The quantitative estimate of drug-likeness (QED) is 0.756. The lowest BCUT2D eigenvalue weighted by Crippen LogP contribution is -2.39. The van der Waals surface area contributed by atoms with E-state index in [2.05, 4.69) is 17.1 Å². The van der Waals surface area contributed by atoms with E-state index < -0.39 is 0 Å². The van der Waals surface area contributed by atoms with Crippen molar-refractivity contribution < 1.29 is 4.79 Å². The number of nitrogens with zero attached hydrogens (tertiary/aromatic N) is 2. The fourth-order valence-corrected chi connectivity index (χ4v) is 1.88. The first-order chi connectivity index (χ1) is 7.17. The summed E-state index contributed by atoms with van der Waals surface area (Å²) in [5, 5.41) is 2.98. The van der Waals surface area contributed by atoms with Crippen molar-refractivity contribution in [1.29, 1.82) is 0 Å². The maximum atomic E-state index is 11.5. The molecule has 1 saturated heterocycles. The normalized spacial score (nSPS) is 21.7. The minimum absolute atomic E-state index is 0.0486. The molecule has 0 aliphatic carbocycles. The molecular formula is C11H23N3O. The monoisotopic (exact) mass is 213 g/mol. The SMILES string of the molecule is CCN1CCC(CNC(=O)N(C)CC)C1. The van der Waals surface area contributed by atoms with Crippen LogP contribution in [-0.2, 0) is 0 Å². The second-order valence-corrected chi connectivity index (χ2v) is 4.25. The third-order valence-electron chi connectivity index (χ3n) is 3.18. The molecule has 15 heavy (non-hydrogen) atoms. The maximum absolute atomic E-state index is 11.5. The molecule has 0 aromatic carbocycles. The van der Waals surface area contributed by atoms with E-state index in [1.807, 2.05) is 14.0 Å². The van der Waals surface area contributed by atoms with E-state index >= 15 is 0 Å². The molecule has 1 rings (SSSR count). The maximum Gasteiger partial charge on any atom is 0.317 e. The van der Waals surface area contributed by atoms with Crippen LogP contribution in [0.2, 0.25) is 0 Å². The van der Waals surface area contributed by atoms with Crippen LogP contribution in [0.3, 0.4) is 0 Å². The number of hydrogen-bond donors (Lipinski definition) is 1. The predicted molar refractivity (Wildman–Crippen MR) is 61.9 cm³/mol. The van der Waals surface area contributed by atoms with E-state index in [1.165, 1.54) is 13.0 Å². The van der Waals surface area contributed by atoms with E-state index in [1.54, 1.807) is 4.90 Å². The zero-order valence-corrected chi connectivity index (χ0v) is 10.1. The number of nitrogens with one attached hydrogen (secondary N) is 1. The zero-order valence-electron chi connectivity index (χ0n) is 10.1. The van der Waals surface area contributed by atoms with Crippen molar-refractivity contribution >= 4 is 6.03 Å². The van der Waals surface area contributed by atoms with Crippen LogP contribution in [0.15, 0.2) is 0 Å². The van der Waals surface area contributed by atoms with Gasteiger partial charge in [-0.25, -0.2) is 4.79 Å². The summed E-state index contributed by atoms with van der Waals surface area (Å²) in [5.74, 6) is 0.638. The summed E-state index contributed by atoms with van der Waals surface area (Å²) >= 11 is 0. The van der Waals surface area contributed by atoms with Gasteiger partial charge < -0.3 is 15.1 Å². The standard InChI is InChI=1S/C11H23N3O/c1-4-13(3)11(15)12-8-10-6-7-14(5-2)9-10/h10H,4-9H2,1-3H3,(H,12,15). The first-order valence-corrected chi connectivity index (χ1v) is 5.88. The minimum Gasteiger partial charge on any atom is -0.338 e. The van der Waals surface area contributed by atoms with Gasteiger partial charge in [0.1, 0.15) is 0 Å². The van der Waals surface area contributed by atoms with Crippen LogP contribution < -0.4 is 5.32 Å². The molecule has 0 radical (unpaired) electrons. The van der Waals surface area contributed by atoms with Gasteiger partial charge in [0.2, 0.25) is 0 Å². The molecule has 2 amide bonds. The summed E-state index contributed by atoms with van der Waals surface area (Å²) < 4.78 is 0. The average molecular weight is 213 g/mol. The number of rotatable bonds is 4. The number of urea groups is 1. The lowest BCUT2D eigenvalue weighted by Gasteiger charge is -2.18. The van der Waals surface area contributed by atoms with Gasteiger partial charge in [-0.3, -0.25) is 0 Å². The highest BCUT2D eigenvalue weighted by Gasteiger charge is 2.21. The van der Waals surface area contributed by atoms with Crippen molar-refractivity contribution in [2.24, 2.45) is 5.92 Å². The highest BCUT2D eigenvalue weighted by atomic mass is 16.2. The molecule has 4 nitrogen and oxygen atoms in total. The lowest BCUT2D eigenvalue weighted by molar-refractivity contribution is 0.209. The molecule has 0 spiro atoms. The summed E-state index contributed by atoms with van der Waals surface area (Å²) in [5.41, 5.74) is 0. The highest BCUT2D eigenvalue weighted by molar-refractivity contribution is 5.73. The molecule has 1 aliphatic rings. The van der Waals surface area contributed by atoms with Gasteiger partial charge in [-0.2, -0.15) is 0 Å². The number of amides is 2. The molecule has 1 heterocycles. The van der Waals surface area contributed by atoms with E-state index in [9.17, 15) is 4.79 Å². The van der Waals surface area contributed by atoms with Crippen LogP contribution in [-0.4, -0.2) is 55.6 Å². The highest BCUT2D eigenvalue weighted by Crippen LogP contribution is 2.14. The van der Waals surface area contributed by atoms with Crippen molar-refractivity contribution in [3.05, 3.63) is 0 Å². The first kappa shape index (κ1) is 12.3. The fourth-order valence-electron chi connectivity index (χ4n) is 1.88. The average Bonchev–Trinajstić information content (AvgIpc) is 2.72. The Bertz CT molecular complexity index is 208. The summed E-state index contributed by atoms with van der Waals surface area (Å²) in [4.78, 5) is 15.6. The Morgan fingerprint density at radius 2 is 2.27 bits per heavy atom. The molecule has 1 unspecified atom stereocenters. The Labute approximate surface area is 92.6 Å². The molecule has 4 heteroatoms. The Kier molecular flexibility index (Phi) is 4.88.